The lowest BCUT2D eigenvalue weighted by atomic mass is 10.2. The molecule has 0 aromatic rings. The van der Waals surface area contributed by atoms with Crippen molar-refractivity contribution in [1.82, 2.24) is 4.90 Å². The van der Waals surface area contributed by atoms with E-state index in [1.165, 1.54) is 0 Å². The molecule has 2 rings (SSSR count). The second kappa shape index (κ2) is 2.73. The number of amidine groups is 1. The quantitative estimate of drug-likeness (QED) is 0.619. The number of aliphatic imine (C=N–C) groups is 1. The maximum atomic E-state index is 4.52. The number of nitrogens with zero attached hydrogens (tertiary/aromatic N) is 2. The predicted octanol–water partition coefficient (Wildman–Crippen LogP) is 2.28. The molecule has 3 heteroatoms. The van der Waals surface area contributed by atoms with Gasteiger partial charge in [-0.2, -0.15) is 0 Å². The molecule has 0 radical (unpaired) electrons. The monoisotopic (exact) mass is 226 g/mol. The Morgan fingerprint density at radius 2 is 2.17 bits per heavy atom. The van der Waals surface area contributed by atoms with E-state index in [0.29, 0.717) is 12.1 Å². The van der Waals surface area contributed by atoms with Gasteiger partial charge in [0.1, 0.15) is 5.84 Å². The zero-order chi connectivity index (χ0) is 8.72. The Bertz CT molecular complexity index is 291. The Morgan fingerprint density at radius 3 is 2.92 bits per heavy atom. The normalized spacial score (nSPS) is 33.1. The highest BCUT2D eigenvalue weighted by Crippen LogP contribution is 2.24. The Balaban J connectivity index is 2.33. The van der Waals surface area contributed by atoms with Crippen molar-refractivity contribution >= 4 is 21.8 Å². The van der Waals surface area contributed by atoms with Crippen LogP contribution in [0.2, 0.25) is 0 Å². The number of rotatable bonds is 0. The van der Waals surface area contributed by atoms with Crippen LogP contribution in [-0.4, -0.2) is 22.8 Å². The fourth-order valence-electron chi connectivity index (χ4n) is 1.47. The molecule has 2 atom stereocenters. The minimum Gasteiger partial charge on any atom is -0.327 e. The van der Waals surface area contributed by atoms with Gasteiger partial charge in [0.2, 0.25) is 0 Å². The molecule has 2 nitrogen and oxygen atoms in total. The summed E-state index contributed by atoms with van der Waals surface area (Å²) in [5.41, 5.74) is 0. The zero-order valence-electron chi connectivity index (χ0n) is 7.16. The molecule has 0 aromatic heterocycles. The molecule has 0 aromatic carbocycles. The summed E-state index contributed by atoms with van der Waals surface area (Å²) < 4.78 is 1.11. The summed E-state index contributed by atoms with van der Waals surface area (Å²) in [7, 11) is 0. The smallest absolute Gasteiger partial charge is 0.128 e. The molecule has 2 heterocycles. The number of halogens is 1. The third-order valence-corrected chi connectivity index (χ3v) is 2.86. The first-order chi connectivity index (χ1) is 5.68. The SMILES string of the molecule is CC1N=C2C=CC(Br)=CN2C1C. The van der Waals surface area contributed by atoms with Gasteiger partial charge in [-0.15, -0.1) is 0 Å². The van der Waals surface area contributed by atoms with Crippen LogP contribution in [0.25, 0.3) is 0 Å². The Hall–Kier alpha value is -0.570. The van der Waals surface area contributed by atoms with Gasteiger partial charge in [0.15, 0.2) is 0 Å². The molecule has 2 unspecified atom stereocenters. The number of fused-ring (bicyclic) bond motifs is 1. The van der Waals surface area contributed by atoms with E-state index in [1.807, 2.05) is 12.2 Å². The summed E-state index contributed by atoms with van der Waals surface area (Å²) in [4.78, 5) is 6.72. The van der Waals surface area contributed by atoms with Gasteiger partial charge in [-0.05, 0) is 41.9 Å². The molecule has 64 valence electrons. The molecule has 0 bridgehead atoms. The minimum atomic E-state index is 0.402. The van der Waals surface area contributed by atoms with Crippen molar-refractivity contribution in [2.75, 3.05) is 0 Å². The van der Waals surface area contributed by atoms with Crippen molar-refractivity contribution in [2.45, 2.75) is 25.9 Å². The van der Waals surface area contributed by atoms with Crippen LogP contribution < -0.4 is 0 Å². The van der Waals surface area contributed by atoms with Gasteiger partial charge in [-0.3, -0.25) is 4.99 Å². The van der Waals surface area contributed by atoms with E-state index in [-0.39, 0.29) is 0 Å². The van der Waals surface area contributed by atoms with Gasteiger partial charge in [0, 0.05) is 10.7 Å². The zero-order valence-corrected chi connectivity index (χ0v) is 8.75. The lowest BCUT2D eigenvalue weighted by Gasteiger charge is -2.23. The van der Waals surface area contributed by atoms with E-state index in [0.717, 1.165) is 10.3 Å². The van der Waals surface area contributed by atoms with Crippen LogP contribution in [0, 0.1) is 0 Å². The molecule has 12 heavy (non-hydrogen) atoms. The van der Waals surface area contributed by atoms with E-state index < -0.39 is 0 Å². The molecule has 0 aliphatic carbocycles. The minimum absolute atomic E-state index is 0.402. The van der Waals surface area contributed by atoms with Crippen molar-refractivity contribution in [3.63, 3.8) is 0 Å². The number of allylic oxidation sites excluding steroid dienone is 2. The summed E-state index contributed by atoms with van der Waals surface area (Å²) in [5, 5.41) is 0. The van der Waals surface area contributed by atoms with Crippen molar-refractivity contribution in [2.24, 2.45) is 4.99 Å². The third kappa shape index (κ3) is 1.12. The van der Waals surface area contributed by atoms with Crippen LogP contribution in [0.1, 0.15) is 13.8 Å². The maximum absolute atomic E-state index is 4.52. The molecule has 2 aliphatic rings. The predicted molar refractivity (Wildman–Crippen MR) is 54.3 cm³/mol. The molecule has 0 amide bonds. The first kappa shape index (κ1) is 8.05. The fourth-order valence-corrected chi connectivity index (χ4v) is 1.82. The highest BCUT2D eigenvalue weighted by Gasteiger charge is 2.28. The third-order valence-electron chi connectivity index (χ3n) is 2.39. The Kier molecular flexibility index (Phi) is 1.83. The lowest BCUT2D eigenvalue weighted by Crippen LogP contribution is -2.32. The van der Waals surface area contributed by atoms with Gasteiger partial charge >= 0.3 is 0 Å². The molecular formula is C9H11BrN2. The van der Waals surface area contributed by atoms with Crippen LogP contribution in [0.15, 0.2) is 27.8 Å². The van der Waals surface area contributed by atoms with Crippen LogP contribution >= 0.6 is 15.9 Å². The van der Waals surface area contributed by atoms with Gasteiger partial charge in [-0.25, -0.2) is 0 Å². The topological polar surface area (TPSA) is 15.6 Å². The molecule has 0 saturated heterocycles. The van der Waals surface area contributed by atoms with Crippen molar-refractivity contribution < 1.29 is 0 Å². The van der Waals surface area contributed by atoms with Crippen LogP contribution in [0.4, 0.5) is 0 Å². The molecule has 0 saturated carbocycles. The van der Waals surface area contributed by atoms with E-state index in [4.69, 9.17) is 0 Å². The molecule has 0 fully saturated rings. The highest BCUT2D eigenvalue weighted by molar-refractivity contribution is 9.11. The molecule has 0 N–H and O–H groups in total. The summed E-state index contributed by atoms with van der Waals surface area (Å²) >= 11 is 3.45. The van der Waals surface area contributed by atoms with E-state index in [9.17, 15) is 0 Å². The first-order valence-corrected chi connectivity index (χ1v) is 4.89. The summed E-state index contributed by atoms with van der Waals surface area (Å²) in [6, 6.07) is 0.886. The van der Waals surface area contributed by atoms with Gasteiger partial charge in [0.05, 0.1) is 12.1 Å². The standard InChI is InChI=1S/C9H11BrN2/c1-6-7(2)12-5-8(10)3-4-9(12)11-6/h3-7H,1-2H3. The summed E-state index contributed by atoms with van der Waals surface area (Å²) in [5.74, 6) is 1.08. The van der Waals surface area contributed by atoms with Crippen molar-refractivity contribution in [1.29, 1.82) is 0 Å². The van der Waals surface area contributed by atoms with E-state index in [2.05, 4.69) is 45.9 Å². The Morgan fingerprint density at radius 1 is 1.42 bits per heavy atom. The van der Waals surface area contributed by atoms with Crippen LogP contribution in [0.5, 0.6) is 0 Å². The van der Waals surface area contributed by atoms with Crippen LogP contribution in [0.3, 0.4) is 0 Å². The largest absolute Gasteiger partial charge is 0.327 e. The molecular weight excluding hydrogens is 216 g/mol. The highest BCUT2D eigenvalue weighted by atomic mass is 79.9. The Labute approximate surface area is 80.8 Å². The number of hydrogen-bond acceptors (Lipinski definition) is 2. The number of hydrogen-bond donors (Lipinski definition) is 0. The lowest BCUT2D eigenvalue weighted by molar-refractivity contribution is 0.420. The fraction of sp³-hybridized carbons (Fsp3) is 0.444. The van der Waals surface area contributed by atoms with E-state index >= 15 is 0 Å². The molecule has 2 aliphatic heterocycles. The second-order valence-corrected chi connectivity index (χ2v) is 4.14. The molecule has 0 spiro atoms. The van der Waals surface area contributed by atoms with E-state index in [1.54, 1.807) is 0 Å². The second-order valence-electron chi connectivity index (χ2n) is 3.22. The maximum Gasteiger partial charge on any atom is 0.128 e. The summed E-state index contributed by atoms with van der Waals surface area (Å²) in [6.45, 7) is 4.34. The average Bonchev–Trinajstić information content (AvgIpc) is 2.31. The average molecular weight is 227 g/mol. The van der Waals surface area contributed by atoms with Gasteiger partial charge < -0.3 is 4.90 Å². The van der Waals surface area contributed by atoms with Crippen LogP contribution in [-0.2, 0) is 0 Å². The first-order valence-electron chi connectivity index (χ1n) is 4.10. The summed E-state index contributed by atoms with van der Waals surface area (Å²) in [6.07, 6.45) is 6.16. The van der Waals surface area contributed by atoms with Crippen molar-refractivity contribution in [3.05, 3.63) is 22.8 Å². The van der Waals surface area contributed by atoms with Crippen molar-refractivity contribution in [3.8, 4) is 0 Å². The van der Waals surface area contributed by atoms with Gasteiger partial charge in [-0.1, -0.05) is 0 Å². The van der Waals surface area contributed by atoms with Gasteiger partial charge in [0.25, 0.3) is 0 Å².